The van der Waals surface area contributed by atoms with Gasteiger partial charge in [-0.3, -0.25) is 9.55 Å². The van der Waals surface area contributed by atoms with Crippen LogP contribution in [-0.4, -0.2) is 22.1 Å². The van der Waals surface area contributed by atoms with Crippen LogP contribution in [0.3, 0.4) is 0 Å². The van der Waals surface area contributed by atoms with Crippen molar-refractivity contribution in [2.75, 3.05) is 11.9 Å². The van der Waals surface area contributed by atoms with E-state index in [1.807, 2.05) is 6.07 Å². The minimum absolute atomic E-state index is 0.301. The fourth-order valence-corrected chi connectivity index (χ4v) is 2.12. The molecule has 0 aliphatic heterocycles. The smallest absolute Gasteiger partial charge is 0.408 e. The predicted molar refractivity (Wildman–Crippen MR) is 81.7 cm³/mol. The van der Waals surface area contributed by atoms with Gasteiger partial charge in [0.05, 0.1) is 17.4 Å². The number of aromatic nitrogens is 2. The van der Waals surface area contributed by atoms with Crippen molar-refractivity contribution < 1.29 is 9.21 Å². The topological polar surface area (TPSA) is 89.2 Å². The van der Waals surface area contributed by atoms with Crippen molar-refractivity contribution in [2.45, 2.75) is 6.54 Å². The van der Waals surface area contributed by atoms with Gasteiger partial charge in [-0.05, 0) is 24.3 Å². The molecule has 0 saturated heterocycles. The summed E-state index contributed by atoms with van der Waals surface area (Å²) in [4.78, 5) is 27.4. The van der Waals surface area contributed by atoms with Gasteiger partial charge in [0.2, 0.25) is 0 Å². The monoisotopic (exact) mass is 298 g/mol. The fourth-order valence-electron chi connectivity index (χ4n) is 2.12. The van der Waals surface area contributed by atoms with E-state index in [1.54, 1.807) is 42.7 Å². The molecule has 0 saturated carbocycles. The molecule has 0 atom stereocenters. The first-order valence-electron chi connectivity index (χ1n) is 6.77. The van der Waals surface area contributed by atoms with Gasteiger partial charge in [0, 0.05) is 19.3 Å². The number of amides is 2. The highest BCUT2D eigenvalue weighted by Crippen LogP contribution is 2.11. The Hall–Kier alpha value is -3.09. The third-order valence-electron chi connectivity index (χ3n) is 3.11. The van der Waals surface area contributed by atoms with E-state index in [0.717, 1.165) is 0 Å². The molecule has 2 amide bonds. The third kappa shape index (κ3) is 2.98. The predicted octanol–water partition coefficient (Wildman–Crippen LogP) is 1.81. The van der Waals surface area contributed by atoms with Crippen LogP contribution in [0.5, 0.6) is 0 Å². The Morgan fingerprint density at radius 3 is 2.91 bits per heavy atom. The molecule has 0 unspecified atom stereocenters. The van der Waals surface area contributed by atoms with E-state index in [2.05, 4.69) is 15.6 Å². The number of nitrogens with zero attached hydrogens (tertiary/aromatic N) is 2. The lowest BCUT2D eigenvalue weighted by atomic mass is 10.3. The summed E-state index contributed by atoms with van der Waals surface area (Å²) >= 11 is 0. The minimum atomic E-state index is -0.435. The second-order valence-corrected chi connectivity index (χ2v) is 4.61. The fraction of sp³-hybridized carbons (Fsp3) is 0.133. The van der Waals surface area contributed by atoms with Gasteiger partial charge >= 0.3 is 11.8 Å². The van der Waals surface area contributed by atoms with Crippen LogP contribution in [0.25, 0.3) is 11.1 Å². The zero-order valence-corrected chi connectivity index (χ0v) is 11.7. The molecule has 2 aromatic heterocycles. The summed E-state index contributed by atoms with van der Waals surface area (Å²) in [6.07, 6.45) is 3.17. The number of para-hydroxylation sites is 2. The van der Waals surface area contributed by atoms with Gasteiger partial charge in [-0.1, -0.05) is 12.1 Å². The van der Waals surface area contributed by atoms with Crippen molar-refractivity contribution in [3.63, 3.8) is 0 Å². The Labute approximate surface area is 125 Å². The molecule has 0 aliphatic carbocycles. The van der Waals surface area contributed by atoms with Gasteiger partial charge < -0.3 is 15.1 Å². The molecule has 0 radical (unpaired) electrons. The quantitative estimate of drug-likeness (QED) is 0.768. The number of pyridine rings is 1. The summed E-state index contributed by atoms with van der Waals surface area (Å²) in [5.41, 5.74) is 1.85. The van der Waals surface area contributed by atoms with Crippen LogP contribution >= 0.6 is 0 Å². The maximum absolute atomic E-state index is 11.8. The Balaban J connectivity index is 1.59. The summed E-state index contributed by atoms with van der Waals surface area (Å²) in [5, 5.41) is 5.33. The molecule has 112 valence electrons. The van der Waals surface area contributed by atoms with Gasteiger partial charge in [0.1, 0.15) is 0 Å². The molecule has 1 aromatic carbocycles. The van der Waals surface area contributed by atoms with E-state index in [-0.39, 0.29) is 6.03 Å². The van der Waals surface area contributed by atoms with E-state index < -0.39 is 5.76 Å². The number of oxazole rings is 1. The summed E-state index contributed by atoms with van der Waals surface area (Å²) in [7, 11) is 0. The maximum atomic E-state index is 11.8. The summed E-state index contributed by atoms with van der Waals surface area (Å²) in [6.45, 7) is 0.631. The van der Waals surface area contributed by atoms with Gasteiger partial charge in [0.25, 0.3) is 0 Å². The van der Waals surface area contributed by atoms with Crippen molar-refractivity contribution in [3.05, 3.63) is 59.3 Å². The lowest BCUT2D eigenvalue weighted by Crippen LogP contribution is -2.32. The van der Waals surface area contributed by atoms with Gasteiger partial charge in [-0.15, -0.1) is 0 Å². The lowest BCUT2D eigenvalue weighted by molar-refractivity contribution is 0.251. The Bertz CT molecular complexity index is 839. The maximum Gasteiger partial charge on any atom is 0.420 e. The second-order valence-electron chi connectivity index (χ2n) is 4.61. The minimum Gasteiger partial charge on any atom is -0.408 e. The summed E-state index contributed by atoms with van der Waals surface area (Å²) in [6, 6.07) is 10.3. The average Bonchev–Trinajstić information content (AvgIpc) is 2.84. The number of nitrogens with one attached hydrogen (secondary N) is 2. The first kappa shape index (κ1) is 13.9. The van der Waals surface area contributed by atoms with Crippen molar-refractivity contribution in [1.82, 2.24) is 14.9 Å². The van der Waals surface area contributed by atoms with Crippen LogP contribution in [-0.2, 0) is 6.54 Å². The number of hydrogen-bond donors (Lipinski definition) is 2. The second kappa shape index (κ2) is 6.13. The van der Waals surface area contributed by atoms with E-state index >= 15 is 0 Å². The van der Waals surface area contributed by atoms with Crippen LogP contribution < -0.4 is 16.4 Å². The van der Waals surface area contributed by atoms with E-state index in [4.69, 9.17) is 4.42 Å². The Morgan fingerprint density at radius 1 is 1.23 bits per heavy atom. The molecule has 0 bridgehead atoms. The average molecular weight is 298 g/mol. The molecule has 0 aliphatic rings. The third-order valence-corrected chi connectivity index (χ3v) is 3.11. The number of fused-ring (bicyclic) bond motifs is 1. The largest absolute Gasteiger partial charge is 0.420 e. The zero-order valence-electron chi connectivity index (χ0n) is 11.7. The molecule has 7 heteroatoms. The number of rotatable bonds is 4. The number of anilines is 1. The molecular formula is C15H14N4O3. The van der Waals surface area contributed by atoms with Crippen LogP contribution in [0.15, 0.2) is 58.0 Å². The molecule has 2 N–H and O–H groups in total. The number of carbonyl (C=O) groups excluding carboxylic acids is 1. The van der Waals surface area contributed by atoms with Crippen molar-refractivity contribution in [2.24, 2.45) is 0 Å². The van der Waals surface area contributed by atoms with E-state index in [1.165, 1.54) is 4.57 Å². The molecule has 3 rings (SSSR count). The molecular weight excluding hydrogens is 284 g/mol. The van der Waals surface area contributed by atoms with Crippen molar-refractivity contribution >= 4 is 22.8 Å². The van der Waals surface area contributed by atoms with Crippen LogP contribution in [0.4, 0.5) is 10.5 Å². The molecule has 3 aromatic rings. The van der Waals surface area contributed by atoms with Gasteiger partial charge in [-0.2, -0.15) is 0 Å². The highest BCUT2D eigenvalue weighted by atomic mass is 16.4. The first-order chi connectivity index (χ1) is 10.7. The van der Waals surface area contributed by atoms with E-state index in [0.29, 0.717) is 29.9 Å². The molecule has 2 heterocycles. The van der Waals surface area contributed by atoms with Crippen molar-refractivity contribution in [1.29, 1.82) is 0 Å². The first-order valence-corrected chi connectivity index (χ1v) is 6.77. The Kier molecular flexibility index (Phi) is 3.86. The molecule has 22 heavy (non-hydrogen) atoms. The highest BCUT2D eigenvalue weighted by molar-refractivity contribution is 5.88. The number of carbonyl (C=O) groups is 1. The van der Waals surface area contributed by atoms with Crippen LogP contribution in [0.2, 0.25) is 0 Å². The molecule has 0 fully saturated rings. The highest BCUT2D eigenvalue weighted by Gasteiger charge is 2.08. The van der Waals surface area contributed by atoms with E-state index in [9.17, 15) is 9.59 Å². The summed E-state index contributed by atoms with van der Waals surface area (Å²) in [5.74, 6) is -0.435. The van der Waals surface area contributed by atoms with Crippen LogP contribution in [0, 0.1) is 0 Å². The normalized spacial score (nSPS) is 10.5. The number of benzene rings is 1. The standard InChI is InChI=1S/C15H14N4O3/c20-14(18-11-4-3-7-16-10-11)17-8-9-19-12-5-1-2-6-13(12)22-15(19)21/h1-7,10H,8-9H2,(H2,17,18,20). The molecule has 0 spiro atoms. The van der Waals surface area contributed by atoms with Gasteiger partial charge in [0.15, 0.2) is 5.58 Å². The SMILES string of the molecule is O=C(NCCn1c(=O)oc2ccccc21)Nc1cccnc1. The van der Waals surface area contributed by atoms with Gasteiger partial charge in [-0.25, -0.2) is 9.59 Å². The molecule has 7 nitrogen and oxygen atoms in total. The zero-order chi connectivity index (χ0) is 15.4. The van der Waals surface area contributed by atoms with Crippen molar-refractivity contribution in [3.8, 4) is 0 Å². The number of urea groups is 1. The number of hydrogen-bond acceptors (Lipinski definition) is 4. The lowest BCUT2D eigenvalue weighted by Gasteiger charge is -2.07. The Morgan fingerprint density at radius 2 is 2.09 bits per heavy atom. The summed E-state index contributed by atoms with van der Waals surface area (Å²) < 4.78 is 6.61. The van der Waals surface area contributed by atoms with Crippen LogP contribution in [0.1, 0.15) is 0 Å².